The smallest absolute Gasteiger partial charge is 0.262 e. The number of anilines is 1. The Morgan fingerprint density at radius 3 is 2.48 bits per heavy atom. The zero-order valence-electron chi connectivity index (χ0n) is 15.8. The first-order valence-corrected chi connectivity index (χ1v) is 9.14. The highest BCUT2D eigenvalue weighted by Crippen LogP contribution is 2.20. The fraction of sp³-hybridized carbons (Fsp3) is 0.0870. The van der Waals surface area contributed by atoms with Crippen LogP contribution in [0.2, 0.25) is 0 Å². The molecule has 4 aromatic rings. The van der Waals surface area contributed by atoms with Gasteiger partial charge in [0.25, 0.3) is 5.91 Å². The predicted molar refractivity (Wildman–Crippen MR) is 111 cm³/mol. The largest absolute Gasteiger partial charge is 0.484 e. The Balaban J connectivity index is 1.35. The molecule has 1 heterocycles. The molecule has 29 heavy (non-hydrogen) atoms. The van der Waals surface area contributed by atoms with Gasteiger partial charge in [-0.15, -0.1) is 0 Å². The Hall–Kier alpha value is -3.93. The Morgan fingerprint density at radius 2 is 1.76 bits per heavy atom. The van der Waals surface area contributed by atoms with Gasteiger partial charge in [-0.05, 0) is 47.2 Å². The lowest BCUT2D eigenvalue weighted by Crippen LogP contribution is -2.20. The topological polar surface area (TPSA) is 73.2 Å². The van der Waals surface area contributed by atoms with E-state index in [2.05, 4.69) is 10.3 Å². The van der Waals surface area contributed by atoms with Crippen LogP contribution in [0.4, 0.5) is 5.69 Å². The second-order valence-electron chi connectivity index (χ2n) is 6.61. The first kappa shape index (κ1) is 18.4. The normalized spacial score (nSPS) is 10.7. The SMILES string of the molecule is Cn1ccnc1C(=O)c1ccc(NC(=O)COc2ccc3ccccc3c2)cc1. The van der Waals surface area contributed by atoms with E-state index in [1.54, 1.807) is 48.3 Å². The number of aromatic nitrogens is 2. The van der Waals surface area contributed by atoms with Crippen molar-refractivity contribution in [2.75, 3.05) is 11.9 Å². The minimum atomic E-state index is -0.277. The van der Waals surface area contributed by atoms with E-state index in [4.69, 9.17) is 4.74 Å². The van der Waals surface area contributed by atoms with E-state index >= 15 is 0 Å². The quantitative estimate of drug-likeness (QED) is 0.512. The van der Waals surface area contributed by atoms with Gasteiger partial charge in [0.2, 0.25) is 5.78 Å². The van der Waals surface area contributed by atoms with Crippen LogP contribution in [-0.2, 0) is 11.8 Å². The maximum absolute atomic E-state index is 12.4. The third kappa shape index (κ3) is 4.16. The number of nitrogens with zero attached hydrogens (tertiary/aromatic N) is 2. The molecular weight excluding hydrogens is 366 g/mol. The summed E-state index contributed by atoms with van der Waals surface area (Å²) in [4.78, 5) is 28.7. The Morgan fingerprint density at radius 1 is 1.00 bits per heavy atom. The van der Waals surface area contributed by atoms with E-state index in [-0.39, 0.29) is 18.3 Å². The third-order valence-corrected chi connectivity index (χ3v) is 4.55. The number of carbonyl (C=O) groups is 2. The molecule has 0 spiro atoms. The van der Waals surface area contributed by atoms with Crippen LogP contribution in [0.3, 0.4) is 0 Å². The van der Waals surface area contributed by atoms with E-state index in [9.17, 15) is 9.59 Å². The summed E-state index contributed by atoms with van der Waals surface area (Å²) in [6, 6.07) is 20.4. The van der Waals surface area contributed by atoms with Crippen molar-refractivity contribution in [3.63, 3.8) is 0 Å². The van der Waals surface area contributed by atoms with Gasteiger partial charge in [0.05, 0.1) is 0 Å². The molecule has 6 heteroatoms. The molecule has 0 unspecified atom stereocenters. The zero-order valence-corrected chi connectivity index (χ0v) is 15.8. The number of carbonyl (C=O) groups excluding carboxylic acids is 2. The van der Waals surface area contributed by atoms with Crippen molar-refractivity contribution in [1.29, 1.82) is 0 Å². The van der Waals surface area contributed by atoms with E-state index < -0.39 is 0 Å². The van der Waals surface area contributed by atoms with Crippen LogP contribution in [-0.4, -0.2) is 27.8 Å². The summed E-state index contributed by atoms with van der Waals surface area (Å²) in [6.07, 6.45) is 3.30. The number of benzene rings is 3. The molecule has 1 amide bonds. The van der Waals surface area contributed by atoms with Gasteiger partial charge in [-0.1, -0.05) is 30.3 Å². The third-order valence-electron chi connectivity index (χ3n) is 4.55. The Labute approximate surface area is 167 Å². The Kier molecular flexibility index (Phi) is 5.07. The number of aryl methyl sites for hydroxylation is 1. The second kappa shape index (κ2) is 7.98. The molecule has 3 aromatic carbocycles. The first-order valence-electron chi connectivity index (χ1n) is 9.14. The standard InChI is InChI=1S/C23H19N3O3/c1-26-13-12-24-23(26)22(28)17-6-9-19(10-7-17)25-21(27)15-29-20-11-8-16-4-2-3-5-18(16)14-20/h2-14H,15H2,1H3,(H,25,27). The summed E-state index contributed by atoms with van der Waals surface area (Å²) in [5, 5.41) is 4.93. The number of fused-ring (bicyclic) bond motifs is 1. The van der Waals surface area contributed by atoms with Crippen LogP contribution in [0.15, 0.2) is 79.1 Å². The highest BCUT2D eigenvalue weighted by molar-refractivity contribution is 6.07. The molecule has 0 aliphatic heterocycles. The van der Waals surface area contributed by atoms with Gasteiger partial charge >= 0.3 is 0 Å². The van der Waals surface area contributed by atoms with Crippen LogP contribution >= 0.6 is 0 Å². The van der Waals surface area contributed by atoms with Gasteiger partial charge in [-0.2, -0.15) is 0 Å². The second-order valence-corrected chi connectivity index (χ2v) is 6.61. The van der Waals surface area contributed by atoms with Gasteiger partial charge in [0, 0.05) is 30.7 Å². The maximum Gasteiger partial charge on any atom is 0.262 e. The lowest BCUT2D eigenvalue weighted by molar-refractivity contribution is -0.118. The Bertz CT molecular complexity index is 1180. The molecule has 0 atom stereocenters. The minimum absolute atomic E-state index is 0.105. The number of rotatable bonds is 6. The van der Waals surface area contributed by atoms with Gasteiger partial charge in [0.1, 0.15) is 5.75 Å². The minimum Gasteiger partial charge on any atom is -0.484 e. The lowest BCUT2D eigenvalue weighted by atomic mass is 10.1. The molecule has 144 valence electrons. The lowest BCUT2D eigenvalue weighted by Gasteiger charge is -2.09. The number of ketones is 1. The number of amides is 1. The summed E-state index contributed by atoms with van der Waals surface area (Å²) in [6.45, 7) is -0.105. The fourth-order valence-corrected chi connectivity index (χ4v) is 3.02. The molecule has 4 rings (SSSR count). The average Bonchev–Trinajstić information content (AvgIpc) is 3.18. The van der Waals surface area contributed by atoms with Gasteiger partial charge < -0.3 is 14.6 Å². The van der Waals surface area contributed by atoms with Crippen molar-refractivity contribution in [2.24, 2.45) is 7.05 Å². The summed E-state index contributed by atoms with van der Waals surface area (Å²) in [7, 11) is 1.77. The monoisotopic (exact) mass is 385 g/mol. The molecule has 0 radical (unpaired) electrons. The molecule has 0 saturated carbocycles. The van der Waals surface area contributed by atoms with Crippen molar-refractivity contribution in [3.8, 4) is 5.75 Å². The van der Waals surface area contributed by atoms with Gasteiger partial charge in [0.15, 0.2) is 12.4 Å². The van der Waals surface area contributed by atoms with E-state index in [1.165, 1.54) is 0 Å². The molecule has 0 aliphatic carbocycles. The maximum atomic E-state index is 12.4. The van der Waals surface area contributed by atoms with Crippen molar-refractivity contribution >= 4 is 28.2 Å². The molecular formula is C23H19N3O3. The zero-order chi connectivity index (χ0) is 20.2. The van der Waals surface area contributed by atoms with Gasteiger partial charge in [-0.3, -0.25) is 9.59 Å². The number of imidazole rings is 1. The summed E-state index contributed by atoms with van der Waals surface area (Å²) < 4.78 is 7.26. The van der Waals surface area contributed by atoms with Crippen molar-refractivity contribution < 1.29 is 14.3 Å². The molecule has 0 aliphatic rings. The summed E-state index contributed by atoms with van der Waals surface area (Å²) in [5.41, 5.74) is 1.10. The van der Waals surface area contributed by atoms with Gasteiger partial charge in [-0.25, -0.2) is 4.98 Å². The van der Waals surface area contributed by atoms with Crippen LogP contribution in [0, 0.1) is 0 Å². The van der Waals surface area contributed by atoms with Crippen LogP contribution in [0.5, 0.6) is 5.75 Å². The van der Waals surface area contributed by atoms with Crippen molar-refractivity contribution in [2.45, 2.75) is 0 Å². The van der Waals surface area contributed by atoms with E-state index in [0.29, 0.717) is 22.8 Å². The molecule has 1 N–H and O–H groups in total. The summed E-state index contributed by atoms with van der Waals surface area (Å²) >= 11 is 0. The number of ether oxygens (including phenoxy) is 1. The molecule has 6 nitrogen and oxygen atoms in total. The average molecular weight is 385 g/mol. The van der Waals surface area contributed by atoms with Crippen LogP contribution in [0.25, 0.3) is 10.8 Å². The number of hydrogen-bond acceptors (Lipinski definition) is 4. The van der Waals surface area contributed by atoms with E-state index in [0.717, 1.165) is 10.8 Å². The molecule has 0 bridgehead atoms. The number of hydrogen-bond donors (Lipinski definition) is 1. The highest BCUT2D eigenvalue weighted by atomic mass is 16.5. The van der Waals surface area contributed by atoms with Crippen LogP contribution < -0.4 is 10.1 Å². The predicted octanol–water partition coefficient (Wildman–Crippen LogP) is 3.82. The summed E-state index contributed by atoms with van der Waals surface area (Å²) in [5.74, 6) is 0.553. The molecule has 0 saturated heterocycles. The van der Waals surface area contributed by atoms with E-state index in [1.807, 2.05) is 42.5 Å². The van der Waals surface area contributed by atoms with Crippen LogP contribution in [0.1, 0.15) is 16.2 Å². The molecule has 0 fully saturated rings. The first-order chi connectivity index (χ1) is 14.1. The molecule has 1 aromatic heterocycles. The number of nitrogens with one attached hydrogen (secondary N) is 1. The fourth-order valence-electron chi connectivity index (χ4n) is 3.02. The highest BCUT2D eigenvalue weighted by Gasteiger charge is 2.13. The van der Waals surface area contributed by atoms with Crippen molar-refractivity contribution in [1.82, 2.24) is 9.55 Å². The van der Waals surface area contributed by atoms with Crippen molar-refractivity contribution in [3.05, 3.63) is 90.5 Å².